The highest BCUT2D eigenvalue weighted by atomic mass is 32.1. The molecular weight excluding hydrogens is 491 g/mol. The molecule has 1 atom stereocenters. The zero-order valence-corrected chi connectivity index (χ0v) is 20.8. The summed E-state index contributed by atoms with van der Waals surface area (Å²) >= 11 is 1.46. The van der Waals surface area contributed by atoms with Crippen molar-refractivity contribution in [2.75, 3.05) is 13.2 Å². The van der Waals surface area contributed by atoms with Gasteiger partial charge in [-0.15, -0.1) is 11.3 Å². The van der Waals surface area contributed by atoms with E-state index in [0.29, 0.717) is 30.7 Å². The lowest BCUT2D eigenvalue weighted by Crippen LogP contribution is -2.43. The topological polar surface area (TPSA) is 72.6 Å². The minimum Gasteiger partial charge on any atom is -0.482 e. The van der Waals surface area contributed by atoms with E-state index in [1.165, 1.54) is 24.3 Å². The van der Waals surface area contributed by atoms with E-state index < -0.39 is 17.9 Å². The Morgan fingerprint density at radius 3 is 2.69 bits per heavy atom. The molecule has 1 unspecified atom stereocenters. The number of rotatable bonds is 5. The predicted molar refractivity (Wildman–Crippen MR) is 128 cm³/mol. The van der Waals surface area contributed by atoms with Crippen LogP contribution in [-0.4, -0.2) is 43.3 Å². The zero-order valence-electron chi connectivity index (χ0n) is 20.0. The van der Waals surface area contributed by atoms with E-state index in [0.717, 1.165) is 33.8 Å². The maximum absolute atomic E-state index is 13.5. The highest BCUT2D eigenvalue weighted by Crippen LogP contribution is 2.39. The van der Waals surface area contributed by atoms with Gasteiger partial charge in [-0.1, -0.05) is 13.0 Å². The molecule has 0 saturated heterocycles. The Balaban J connectivity index is 1.52. The van der Waals surface area contributed by atoms with E-state index in [4.69, 9.17) is 9.72 Å². The molecule has 36 heavy (non-hydrogen) atoms. The lowest BCUT2D eigenvalue weighted by atomic mass is 9.94. The number of nitrogens with zero attached hydrogens (tertiary/aromatic N) is 5. The number of imidazole rings is 1. The van der Waals surface area contributed by atoms with Crippen LogP contribution in [0, 0.1) is 13.8 Å². The molecule has 0 aliphatic carbocycles. The first-order chi connectivity index (χ1) is 17.2. The second-order valence-electron chi connectivity index (χ2n) is 8.65. The molecule has 4 aromatic rings. The Hall–Kier alpha value is -3.47. The Labute approximate surface area is 209 Å². The van der Waals surface area contributed by atoms with Gasteiger partial charge in [-0.3, -0.25) is 14.2 Å². The number of hydrogen-bond acceptors (Lipinski definition) is 6. The van der Waals surface area contributed by atoms with Gasteiger partial charge in [-0.05, 0) is 38.5 Å². The summed E-state index contributed by atoms with van der Waals surface area (Å²) in [7, 11) is 0. The van der Waals surface area contributed by atoms with E-state index in [9.17, 15) is 18.0 Å². The molecule has 0 bridgehead atoms. The van der Waals surface area contributed by atoms with Crippen molar-refractivity contribution in [3.63, 3.8) is 0 Å². The third-order valence-corrected chi connectivity index (χ3v) is 7.08. The first-order valence-corrected chi connectivity index (χ1v) is 12.4. The summed E-state index contributed by atoms with van der Waals surface area (Å²) in [5.41, 5.74) is 2.99. The second kappa shape index (κ2) is 9.20. The standard InChI is InChI=1S/C25H24F3N5O2S/c1-4-17-19(7-5-14(2)29-17)35-13-21(34)32-10-9-18-23(33-11-12-36-24(33)31-18)22(32)16-6-8-20(25(26,27)28)30-15(16)3/h5-8,11-12,22H,4,9-10,13H2,1-3H3. The van der Waals surface area contributed by atoms with Gasteiger partial charge in [0.2, 0.25) is 0 Å². The van der Waals surface area contributed by atoms with Crippen LogP contribution in [0.3, 0.4) is 0 Å². The fourth-order valence-electron chi connectivity index (χ4n) is 4.63. The van der Waals surface area contributed by atoms with Gasteiger partial charge >= 0.3 is 6.18 Å². The molecule has 7 nitrogen and oxygen atoms in total. The van der Waals surface area contributed by atoms with Gasteiger partial charge in [0.05, 0.1) is 17.1 Å². The van der Waals surface area contributed by atoms with E-state index in [1.807, 2.05) is 35.9 Å². The summed E-state index contributed by atoms with van der Waals surface area (Å²) in [6, 6.07) is 5.36. The molecule has 188 valence electrons. The van der Waals surface area contributed by atoms with Crippen molar-refractivity contribution in [1.29, 1.82) is 0 Å². The number of amides is 1. The van der Waals surface area contributed by atoms with Gasteiger partial charge in [-0.2, -0.15) is 13.2 Å². The van der Waals surface area contributed by atoms with E-state index in [-0.39, 0.29) is 18.2 Å². The van der Waals surface area contributed by atoms with Crippen molar-refractivity contribution in [1.82, 2.24) is 24.3 Å². The maximum Gasteiger partial charge on any atom is 0.433 e. The molecular formula is C25H24F3N5O2S. The molecule has 0 aromatic carbocycles. The molecule has 0 radical (unpaired) electrons. The highest BCUT2D eigenvalue weighted by Gasteiger charge is 2.38. The van der Waals surface area contributed by atoms with E-state index in [2.05, 4.69) is 9.97 Å². The van der Waals surface area contributed by atoms with Crippen LogP contribution in [-0.2, 0) is 23.8 Å². The summed E-state index contributed by atoms with van der Waals surface area (Å²) in [4.78, 5) is 28.9. The number of thiazole rings is 1. The lowest BCUT2D eigenvalue weighted by Gasteiger charge is -2.36. The second-order valence-corrected chi connectivity index (χ2v) is 9.52. The predicted octanol–water partition coefficient (Wildman–Crippen LogP) is 4.94. The fourth-order valence-corrected chi connectivity index (χ4v) is 5.37. The number of carbonyl (C=O) groups excluding carboxylic acids is 1. The fraction of sp³-hybridized carbons (Fsp3) is 0.360. The number of alkyl halides is 3. The molecule has 11 heteroatoms. The smallest absolute Gasteiger partial charge is 0.433 e. The molecule has 5 rings (SSSR count). The molecule has 1 amide bonds. The van der Waals surface area contributed by atoms with Gasteiger partial charge in [0, 0.05) is 41.5 Å². The van der Waals surface area contributed by atoms with Crippen LogP contribution >= 0.6 is 11.3 Å². The van der Waals surface area contributed by atoms with E-state index in [1.54, 1.807) is 11.0 Å². The first-order valence-electron chi connectivity index (χ1n) is 11.5. The Morgan fingerprint density at radius 1 is 1.17 bits per heavy atom. The minimum atomic E-state index is -4.55. The van der Waals surface area contributed by atoms with Gasteiger partial charge < -0.3 is 9.64 Å². The maximum atomic E-state index is 13.5. The number of ether oxygens (including phenoxy) is 1. The number of carbonyl (C=O) groups is 1. The van der Waals surface area contributed by atoms with Crippen molar-refractivity contribution in [3.05, 3.63) is 75.6 Å². The minimum absolute atomic E-state index is 0.211. The van der Waals surface area contributed by atoms with Gasteiger partial charge in [0.25, 0.3) is 5.91 Å². The highest BCUT2D eigenvalue weighted by molar-refractivity contribution is 7.15. The number of pyridine rings is 2. The van der Waals surface area contributed by atoms with Gasteiger partial charge in [-0.25, -0.2) is 9.97 Å². The van der Waals surface area contributed by atoms with Crippen molar-refractivity contribution < 1.29 is 22.7 Å². The van der Waals surface area contributed by atoms with Crippen molar-refractivity contribution in [2.45, 2.75) is 45.8 Å². The molecule has 4 aromatic heterocycles. The van der Waals surface area contributed by atoms with Crippen LogP contribution in [0.25, 0.3) is 4.96 Å². The molecule has 0 saturated carbocycles. The number of hydrogen-bond donors (Lipinski definition) is 0. The van der Waals surface area contributed by atoms with Gasteiger partial charge in [0.15, 0.2) is 11.6 Å². The number of aromatic nitrogens is 4. The van der Waals surface area contributed by atoms with Crippen LogP contribution in [0.2, 0.25) is 0 Å². The largest absolute Gasteiger partial charge is 0.482 e. The molecule has 0 N–H and O–H groups in total. The summed E-state index contributed by atoms with van der Waals surface area (Å²) in [5, 5.41) is 1.89. The van der Waals surface area contributed by atoms with Gasteiger partial charge in [0.1, 0.15) is 17.5 Å². The Bertz CT molecular complexity index is 1450. The summed E-state index contributed by atoms with van der Waals surface area (Å²) in [5.74, 6) is 0.264. The third-order valence-electron chi connectivity index (χ3n) is 6.33. The number of halogens is 3. The zero-order chi connectivity index (χ0) is 25.6. The van der Waals surface area contributed by atoms with Crippen LogP contribution in [0.1, 0.15) is 52.7 Å². The van der Waals surface area contributed by atoms with Crippen LogP contribution in [0.5, 0.6) is 5.75 Å². The third kappa shape index (κ3) is 4.32. The van der Waals surface area contributed by atoms with Crippen LogP contribution in [0.4, 0.5) is 13.2 Å². The van der Waals surface area contributed by atoms with Crippen molar-refractivity contribution in [2.24, 2.45) is 0 Å². The van der Waals surface area contributed by atoms with Crippen molar-refractivity contribution in [3.8, 4) is 5.75 Å². The normalized spacial score (nSPS) is 15.8. The average Bonchev–Trinajstić information content (AvgIpc) is 3.43. The average molecular weight is 516 g/mol. The van der Waals surface area contributed by atoms with E-state index >= 15 is 0 Å². The molecule has 1 aliphatic heterocycles. The monoisotopic (exact) mass is 515 g/mol. The summed E-state index contributed by atoms with van der Waals surface area (Å²) in [6.45, 7) is 5.53. The Morgan fingerprint density at radius 2 is 1.97 bits per heavy atom. The number of aryl methyl sites for hydroxylation is 3. The quantitative estimate of drug-likeness (QED) is 0.377. The summed E-state index contributed by atoms with van der Waals surface area (Å²) in [6.07, 6.45) is -1.50. The number of fused-ring (bicyclic) bond motifs is 3. The Kier molecular flexibility index (Phi) is 6.19. The van der Waals surface area contributed by atoms with Crippen LogP contribution in [0.15, 0.2) is 35.8 Å². The first kappa shape index (κ1) is 24.2. The molecule has 5 heterocycles. The van der Waals surface area contributed by atoms with Crippen LogP contribution < -0.4 is 4.74 Å². The molecule has 1 aliphatic rings. The summed E-state index contributed by atoms with van der Waals surface area (Å²) < 4.78 is 47.7. The SMILES string of the molecule is CCc1nc(C)ccc1OCC(=O)N1CCc2nc3sccn3c2C1c1ccc(C(F)(F)F)nc1C. The molecule has 0 spiro atoms. The lowest BCUT2D eigenvalue weighted by molar-refractivity contribution is -0.141. The van der Waals surface area contributed by atoms with Crippen molar-refractivity contribution >= 4 is 22.2 Å². The molecule has 0 fully saturated rings.